The van der Waals surface area contributed by atoms with Crippen molar-refractivity contribution in [3.05, 3.63) is 47.2 Å². The highest BCUT2D eigenvalue weighted by Crippen LogP contribution is 2.27. The highest BCUT2D eigenvalue weighted by Gasteiger charge is 2.15. The molecule has 106 valence electrons. The minimum atomic E-state index is 0.629. The van der Waals surface area contributed by atoms with Crippen LogP contribution in [0.2, 0.25) is 0 Å². The fraction of sp³-hybridized carbons (Fsp3) is 0.294. The van der Waals surface area contributed by atoms with Crippen LogP contribution in [0.15, 0.2) is 35.2 Å². The fourth-order valence-electron chi connectivity index (χ4n) is 2.63. The van der Waals surface area contributed by atoms with E-state index in [2.05, 4.69) is 34.8 Å². The lowest BCUT2D eigenvalue weighted by molar-refractivity contribution is 0.668. The monoisotopic (exact) mass is 295 g/mol. The Morgan fingerprint density at radius 3 is 2.67 bits per heavy atom. The van der Waals surface area contributed by atoms with Crippen LogP contribution in [0.1, 0.15) is 29.7 Å². The summed E-state index contributed by atoms with van der Waals surface area (Å²) in [7, 11) is 0. The van der Waals surface area contributed by atoms with Crippen molar-refractivity contribution in [2.45, 2.75) is 30.6 Å². The van der Waals surface area contributed by atoms with Crippen LogP contribution in [0, 0.1) is 11.3 Å². The van der Waals surface area contributed by atoms with Gasteiger partial charge in [-0.05, 0) is 67.8 Å². The van der Waals surface area contributed by atoms with Gasteiger partial charge in [0.2, 0.25) is 0 Å². The number of fused-ring (bicyclic) bond motifs is 1. The normalized spacial score (nSPS) is 13.3. The number of thioether (sulfide) groups is 1. The first-order chi connectivity index (χ1) is 10.3. The number of pyridine rings is 1. The van der Waals surface area contributed by atoms with Crippen molar-refractivity contribution in [3.63, 3.8) is 0 Å². The maximum absolute atomic E-state index is 9.35. The lowest BCUT2D eigenvalue weighted by atomic mass is 9.95. The molecule has 0 saturated heterocycles. The van der Waals surface area contributed by atoms with Crippen LogP contribution in [-0.2, 0) is 12.8 Å². The quantitative estimate of drug-likeness (QED) is 0.858. The van der Waals surface area contributed by atoms with Crippen LogP contribution in [0.4, 0.5) is 11.5 Å². The molecule has 21 heavy (non-hydrogen) atoms. The van der Waals surface area contributed by atoms with Gasteiger partial charge in [-0.25, -0.2) is 4.98 Å². The summed E-state index contributed by atoms with van der Waals surface area (Å²) in [6.07, 6.45) is 6.50. The number of nitrogens with zero attached hydrogens (tertiary/aromatic N) is 2. The number of aromatic nitrogens is 1. The molecule has 3 rings (SSSR count). The molecular formula is C17H17N3S. The predicted molar refractivity (Wildman–Crippen MR) is 87.1 cm³/mol. The van der Waals surface area contributed by atoms with E-state index in [4.69, 9.17) is 0 Å². The Morgan fingerprint density at radius 2 is 1.95 bits per heavy atom. The predicted octanol–water partition coefficient (Wildman–Crippen LogP) is 4.30. The molecule has 2 aromatic rings. The van der Waals surface area contributed by atoms with Crippen LogP contribution < -0.4 is 5.32 Å². The van der Waals surface area contributed by atoms with Gasteiger partial charge < -0.3 is 5.32 Å². The van der Waals surface area contributed by atoms with Crippen molar-refractivity contribution in [2.24, 2.45) is 0 Å². The van der Waals surface area contributed by atoms with Gasteiger partial charge in [0.05, 0.1) is 5.56 Å². The zero-order valence-corrected chi connectivity index (χ0v) is 12.8. The second-order valence-corrected chi connectivity index (χ2v) is 6.04. The first-order valence-corrected chi connectivity index (χ1v) is 8.36. The highest BCUT2D eigenvalue weighted by atomic mass is 32.2. The van der Waals surface area contributed by atoms with Crippen LogP contribution in [0.5, 0.6) is 0 Å². The highest BCUT2D eigenvalue weighted by molar-refractivity contribution is 7.98. The SMILES string of the molecule is CSc1ccc(Nc2nc3c(cc2C#N)CCCC3)cc1. The summed E-state index contributed by atoms with van der Waals surface area (Å²) in [6.45, 7) is 0. The zero-order valence-electron chi connectivity index (χ0n) is 12.0. The largest absolute Gasteiger partial charge is 0.339 e. The number of nitriles is 1. The molecule has 1 N–H and O–H groups in total. The third-order valence-electron chi connectivity index (χ3n) is 3.77. The van der Waals surface area contributed by atoms with Gasteiger partial charge in [0.1, 0.15) is 11.9 Å². The third-order valence-corrected chi connectivity index (χ3v) is 4.52. The minimum absolute atomic E-state index is 0.629. The van der Waals surface area contributed by atoms with Crippen molar-refractivity contribution in [2.75, 3.05) is 11.6 Å². The Labute approximate surface area is 129 Å². The topological polar surface area (TPSA) is 48.7 Å². The van der Waals surface area contributed by atoms with Crippen molar-refractivity contribution < 1.29 is 0 Å². The van der Waals surface area contributed by atoms with E-state index in [1.54, 1.807) is 11.8 Å². The average molecular weight is 295 g/mol. The van der Waals surface area contributed by atoms with Crippen molar-refractivity contribution in [1.82, 2.24) is 4.98 Å². The van der Waals surface area contributed by atoms with Crippen LogP contribution >= 0.6 is 11.8 Å². The third kappa shape index (κ3) is 3.03. The summed E-state index contributed by atoms with van der Waals surface area (Å²) < 4.78 is 0. The summed E-state index contributed by atoms with van der Waals surface area (Å²) in [6, 6.07) is 12.4. The van der Waals surface area contributed by atoms with Gasteiger partial charge in [0.15, 0.2) is 0 Å². The number of anilines is 2. The van der Waals surface area contributed by atoms with Crippen LogP contribution in [-0.4, -0.2) is 11.2 Å². The number of rotatable bonds is 3. The lowest BCUT2D eigenvalue weighted by Gasteiger charge is -2.17. The molecule has 0 bridgehead atoms. The number of hydrogen-bond donors (Lipinski definition) is 1. The summed E-state index contributed by atoms with van der Waals surface area (Å²) in [5.41, 5.74) is 3.97. The molecule has 0 atom stereocenters. The lowest BCUT2D eigenvalue weighted by Crippen LogP contribution is -2.08. The Morgan fingerprint density at radius 1 is 1.19 bits per heavy atom. The molecule has 3 nitrogen and oxygen atoms in total. The Bertz CT molecular complexity index is 686. The molecule has 1 aliphatic carbocycles. The van der Waals surface area contributed by atoms with Gasteiger partial charge in [0, 0.05) is 16.3 Å². The van der Waals surface area contributed by atoms with E-state index in [9.17, 15) is 5.26 Å². The van der Waals surface area contributed by atoms with Crippen molar-refractivity contribution in [3.8, 4) is 6.07 Å². The Balaban J connectivity index is 1.91. The van der Waals surface area contributed by atoms with Gasteiger partial charge in [-0.1, -0.05) is 0 Å². The van der Waals surface area contributed by atoms with E-state index in [0.717, 1.165) is 24.2 Å². The standard InChI is InChI=1S/C17H17N3S/c1-21-15-8-6-14(7-9-15)19-17-13(11-18)10-12-4-2-3-5-16(12)20-17/h6-10H,2-5H2,1H3,(H,19,20). The van der Waals surface area contributed by atoms with E-state index < -0.39 is 0 Å². The summed E-state index contributed by atoms with van der Waals surface area (Å²) >= 11 is 1.71. The zero-order chi connectivity index (χ0) is 14.7. The number of aryl methyl sites for hydroxylation is 2. The number of nitrogens with one attached hydrogen (secondary N) is 1. The Kier molecular flexibility index (Phi) is 4.12. The van der Waals surface area contributed by atoms with Crippen LogP contribution in [0.3, 0.4) is 0 Å². The van der Waals surface area contributed by atoms with Gasteiger partial charge in [-0.3, -0.25) is 0 Å². The molecule has 0 amide bonds. The number of hydrogen-bond acceptors (Lipinski definition) is 4. The van der Waals surface area contributed by atoms with Gasteiger partial charge >= 0.3 is 0 Å². The molecule has 1 aliphatic rings. The summed E-state index contributed by atoms with van der Waals surface area (Å²) in [4.78, 5) is 5.90. The average Bonchev–Trinajstić information content (AvgIpc) is 2.55. The van der Waals surface area contributed by atoms with E-state index in [1.807, 2.05) is 18.2 Å². The van der Waals surface area contributed by atoms with Gasteiger partial charge in [-0.2, -0.15) is 5.26 Å². The molecule has 0 radical (unpaired) electrons. The maximum atomic E-state index is 9.35. The molecular weight excluding hydrogens is 278 g/mol. The molecule has 0 saturated carbocycles. The van der Waals surface area contributed by atoms with E-state index in [-0.39, 0.29) is 0 Å². The van der Waals surface area contributed by atoms with E-state index in [0.29, 0.717) is 11.4 Å². The molecule has 4 heteroatoms. The maximum Gasteiger partial charge on any atom is 0.148 e. The summed E-state index contributed by atoms with van der Waals surface area (Å²) in [5.74, 6) is 0.676. The molecule has 0 spiro atoms. The Hall–Kier alpha value is -1.99. The minimum Gasteiger partial charge on any atom is -0.339 e. The second kappa shape index (κ2) is 6.19. The fourth-order valence-corrected chi connectivity index (χ4v) is 3.03. The van der Waals surface area contributed by atoms with Crippen molar-refractivity contribution in [1.29, 1.82) is 5.26 Å². The van der Waals surface area contributed by atoms with Crippen molar-refractivity contribution >= 4 is 23.3 Å². The van der Waals surface area contributed by atoms with E-state index in [1.165, 1.54) is 23.3 Å². The second-order valence-electron chi connectivity index (χ2n) is 5.16. The first-order valence-electron chi connectivity index (χ1n) is 7.14. The molecule has 1 aromatic carbocycles. The smallest absolute Gasteiger partial charge is 0.148 e. The first kappa shape index (κ1) is 14.0. The van der Waals surface area contributed by atoms with Gasteiger partial charge in [0.25, 0.3) is 0 Å². The number of benzene rings is 1. The van der Waals surface area contributed by atoms with E-state index >= 15 is 0 Å². The molecule has 0 fully saturated rings. The van der Waals surface area contributed by atoms with Gasteiger partial charge in [-0.15, -0.1) is 11.8 Å². The molecule has 1 heterocycles. The van der Waals surface area contributed by atoms with Crippen LogP contribution in [0.25, 0.3) is 0 Å². The summed E-state index contributed by atoms with van der Waals surface area (Å²) in [5, 5.41) is 12.6. The molecule has 0 aliphatic heterocycles. The molecule has 0 unspecified atom stereocenters. The molecule has 1 aromatic heterocycles.